The van der Waals surface area contributed by atoms with Gasteiger partial charge in [-0.3, -0.25) is 4.99 Å². The molecule has 0 aliphatic carbocycles. The van der Waals surface area contributed by atoms with Gasteiger partial charge in [-0.2, -0.15) is 0 Å². The van der Waals surface area contributed by atoms with E-state index in [1.165, 1.54) is 0 Å². The van der Waals surface area contributed by atoms with Crippen molar-refractivity contribution in [3.63, 3.8) is 0 Å². The summed E-state index contributed by atoms with van der Waals surface area (Å²) in [6, 6.07) is 5.67. The standard InChI is InChI=1S/C15H21N3O3.HI/c16-15(17-10-12-3-1-6-19-12)18-11-4-5-13-14(9-11)21-8-2-7-20-13;/h4-5,9,12H,1-3,6-8,10H2,(H3,16,17,18);1H. The van der Waals surface area contributed by atoms with Crippen LogP contribution in [-0.4, -0.2) is 38.4 Å². The van der Waals surface area contributed by atoms with Crippen molar-refractivity contribution in [3.05, 3.63) is 18.2 Å². The van der Waals surface area contributed by atoms with Crippen molar-refractivity contribution in [1.29, 1.82) is 0 Å². The van der Waals surface area contributed by atoms with Crippen molar-refractivity contribution in [2.24, 2.45) is 10.7 Å². The summed E-state index contributed by atoms with van der Waals surface area (Å²) in [7, 11) is 0. The van der Waals surface area contributed by atoms with Crippen LogP contribution in [0, 0.1) is 0 Å². The Kier molecular flexibility index (Phi) is 6.56. The number of rotatable bonds is 3. The maximum absolute atomic E-state index is 5.90. The predicted molar refractivity (Wildman–Crippen MR) is 96.6 cm³/mol. The minimum atomic E-state index is 0. The third-order valence-electron chi connectivity index (χ3n) is 3.51. The normalized spacial score (nSPS) is 20.9. The van der Waals surface area contributed by atoms with Gasteiger partial charge in [0, 0.05) is 24.8 Å². The summed E-state index contributed by atoms with van der Waals surface area (Å²) in [6.07, 6.45) is 3.26. The first-order valence-electron chi connectivity index (χ1n) is 7.39. The van der Waals surface area contributed by atoms with E-state index < -0.39 is 0 Å². The first kappa shape index (κ1) is 17.1. The van der Waals surface area contributed by atoms with Gasteiger partial charge in [-0.1, -0.05) is 0 Å². The zero-order valence-corrected chi connectivity index (χ0v) is 14.7. The van der Waals surface area contributed by atoms with E-state index in [1.807, 2.05) is 18.2 Å². The molecule has 1 aromatic rings. The van der Waals surface area contributed by atoms with Crippen LogP contribution in [0.3, 0.4) is 0 Å². The van der Waals surface area contributed by atoms with E-state index in [2.05, 4.69) is 10.3 Å². The highest BCUT2D eigenvalue weighted by Gasteiger charge is 2.15. The number of benzene rings is 1. The van der Waals surface area contributed by atoms with E-state index in [1.54, 1.807) is 0 Å². The van der Waals surface area contributed by atoms with Crippen molar-refractivity contribution in [2.45, 2.75) is 25.4 Å². The first-order valence-corrected chi connectivity index (χ1v) is 7.39. The molecular formula is C15H22IN3O3. The maximum Gasteiger partial charge on any atom is 0.193 e. The second kappa shape index (κ2) is 8.42. The summed E-state index contributed by atoms with van der Waals surface area (Å²) < 4.78 is 16.8. The van der Waals surface area contributed by atoms with Crippen molar-refractivity contribution >= 4 is 35.6 Å². The number of hydrogen-bond donors (Lipinski definition) is 2. The third-order valence-corrected chi connectivity index (χ3v) is 3.51. The van der Waals surface area contributed by atoms with Crippen molar-refractivity contribution in [1.82, 2.24) is 0 Å². The molecule has 1 aromatic carbocycles. The number of halogens is 1. The lowest BCUT2D eigenvalue weighted by Crippen LogP contribution is -2.24. The molecule has 0 spiro atoms. The molecule has 2 aliphatic rings. The zero-order valence-electron chi connectivity index (χ0n) is 12.4. The van der Waals surface area contributed by atoms with Gasteiger partial charge in [-0.05, 0) is 25.0 Å². The number of nitrogens with two attached hydrogens (primary N) is 1. The van der Waals surface area contributed by atoms with Crippen LogP contribution >= 0.6 is 24.0 Å². The average Bonchev–Trinajstić information content (AvgIpc) is 2.90. The summed E-state index contributed by atoms with van der Waals surface area (Å²) in [5, 5.41) is 3.07. The smallest absolute Gasteiger partial charge is 0.193 e. The molecule has 22 heavy (non-hydrogen) atoms. The molecule has 7 heteroatoms. The highest BCUT2D eigenvalue weighted by Crippen LogP contribution is 2.32. The summed E-state index contributed by atoms with van der Waals surface area (Å²) in [5.41, 5.74) is 6.74. The van der Waals surface area contributed by atoms with E-state index >= 15 is 0 Å². The Morgan fingerprint density at radius 2 is 2.00 bits per heavy atom. The van der Waals surface area contributed by atoms with Gasteiger partial charge in [0.25, 0.3) is 0 Å². The molecule has 0 radical (unpaired) electrons. The molecule has 6 nitrogen and oxygen atoms in total. The lowest BCUT2D eigenvalue weighted by Gasteiger charge is -2.11. The molecule has 0 aromatic heterocycles. The second-order valence-corrected chi connectivity index (χ2v) is 5.20. The van der Waals surface area contributed by atoms with Crippen LogP contribution in [0.2, 0.25) is 0 Å². The van der Waals surface area contributed by atoms with Crippen LogP contribution < -0.4 is 20.5 Å². The average molecular weight is 419 g/mol. The molecule has 1 atom stereocenters. The fraction of sp³-hybridized carbons (Fsp3) is 0.533. The molecule has 1 saturated heterocycles. The van der Waals surface area contributed by atoms with Gasteiger partial charge >= 0.3 is 0 Å². The van der Waals surface area contributed by atoms with Gasteiger partial charge in [0.1, 0.15) is 0 Å². The Hall–Kier alpha value is -1.22. The number of aliphatic imine (C=N–C) groups is 1. The van der Waals surface area contributed by atoms with Crippen LogP contribution in [0.4, 0.5) is 5.69 Å². The number of nitrogens with zero attached hydrogens (tertiary/aromatic N) is 1. The number of fused-ring (bicyclic) bond motifs is 1. The summed E-state index contributed by atoms with van der Waals surface area (Å²) in [6.45, 7) is 2.78. The molecule has 2 aliphatic heterocycles. The fourth-order valence-corrected chi connectivity index (χ4v) is 2.42. The number of ether oxygens (including phenoxy) is 3. The Bertz CT molecular complexity index is 519. The molecule has 0 amide bonds. The molecule has 122 valence electrons. The van der Waals surface area contributed by atoms with Gasteiger partial charge in [0.2, 0.25) is 0 Å². The van der Waals surface area contributed by atoms with Crippen LogP contribution in [0.5, 0.6) is 11.5 Å². The molecule has 1 unspecified atom stereocenters. The minimum absolute atomic E-state index is 0. The van der Waals surface area contributed by atoms with Gasteiger partial charge in [-0.15, -0.1) is 24.0 Å². The van der Waals surface area contributed by atoms with Crippen LogP contribution in [0.1, 0.15) is 19.3 Å². The van der Waals surface area contributed by atoms with E-state index in [0.29, 0.717) is 25.7 Å². The number of hydrogen-bond acceptors (Lipinski definition) is 4. The van der Waals surface area contributed by atoms with Crippen molar-refractivity contribution < 1.29 is 14.2 Å². The van der Waals surface area contributed by atoms with Crippen LogP contribution in [-0.2, 0) is 4.74 Å². The molecule has 0 bridgehead atoms. The maximum atomic E-state index is 5.90. The first-order chi connectivity index (χ1) is 10.3. The summed E-state index contributed by atoms with van der Waals surface area (Å²) >= 11 is 0. The Morgan fingerprint density at radius 1 is 1.18 bits per heavy atom. The predicted octanol–water partition coefficient (Wildman–Crippen LogP) is 2.37. The molecule has 3 rings (SSSR count). The van der Waals surface area contributed by atoms with E-state index in [-0.39, 0.29) is 30.1 Å². The SMILES string of the molecule is I.NC(=NCC1CCCO1)Nc1ccc2c(c1)OCCCO2. The molecule has 0 saturated carbocycles. The van der Waals surface area contributed by atoms with E-state index in [0.717, 1.165) is 43.1 Å². The lowest BCUT2D eigenvalue weighted by molar-refractivity contribution is 0.118. The van der Waals surface area contributed by atoms with E-state index in [4.69, 9.17) is 19.9 Å². The monoisotopic (exact) mass is 419 g/mol. The van der Waals surface area contributed by atoms with Gasteiger partial charge in [0.05, 0.1) is 25.9 Å². The Morgan fingerprint density at radius 3 is 2.77 bits per heavy atom. The highest BCUT2D eigenvalue weighted by molar-refractivity contribution is 14.0. The van der Waals surface area contributed by atoms with Crippen LogP contribution in [0.15, 0.2) is 23.2 Å². The van der Waals surface area contributed by atoms with Crippen molar-refractivity contribution in [2.75, 3.05) is 31.7 Å². The topological polar surface area (TPSA) is 78.1 Å². The molecular weight excluding hydrogens is 397 g/mol. The van der Waals surface area contributed by atoms with Gasteiger partial charge in [0.15, 0.2) is 17.5 Å². The fourth-order valence-electron chi connectivity index (χ4n) is 2.42. The van der Waals surface area contributed by atoms with Crippen LogP contribution in [0.25, 0.3) is 0 Å². The number of nitrogens with one attached hydrogen (secondary N) is 1. The second-order valence-electron chi connectivity index (χ2n) is 5.20. The van der Waals surface area contributed by atoms with Crippen molar-refractivity contribution in [3.8, 4) is 11.5 Å². The minimum Gasteiger partial charge on any atom is -0.490 e. The zero-order chi connectivity index (χ0) is 14.5. The van der Waals surface area contributed by atoms with Gasteiger partial charge in [-0.25, -0.2) is 0 Å². The Labute approximate surface area is 147 Å². The summed E-state index contributed by atoms with van der Waals surface area (Å²) in [5.74, 6) is 1.90. The third kappa shape index (κ3) is 4.64. The summed E-state index contributed by atoms with van der Waals surface area (Å²) in [4.78, 5) is 4.32. The molecule has 2 heterocycles. The Balaban J connectivity index is 0.00000176. The number of anilines is 1. The van der Waals surface area contributed by atoms with Gasteiger partial charge < -0.3 is 25.3 Å². The molecule has 3 N–H and O–H groups in total. The lowest BCUT2D eigenvalue weighted by atomic mass is 10.2. The number of guanidine groups is 1. The largest absolute Gasteiger partial charge is 0.490 e. The van der Waals surface area contributed by atoms with E-state index in [9.17, 15) is 0 Å². The highest BCUT2D eigenvalue weighted by atomic mass is 127. The quantitative estimate of drug-likeness (QED) is 0.447. The molecule has 1 fully saturated rings.